The fourth-order valence-corrected chi connectivity index (χ4v) is 3.74. The lowest BCUT2D eigenvalue weighted by molar-refractivity contribution is 0.147. The Bertz CT molecular complexity index is 1250. The molecular weight excluding hydrogens is 416 g/mol. The van der Waals surface area contributed by atoms with Gasteiger partial charge >= 0.3 is 0 Å². The number of rotatable bonds is 5. The first-order chi connectivity index (χ1) is 16.2. The van der Waals surface area contributed by atoms with Gasteiger partial charge in [0.25, 0.3) is 5.89 Å². The van der Waals surface area contributed by atoms with E-state index in [0.29, 0.717) is 17.3 Å². The second kappa shape index (κ2) is 9.22. The smallest absolute Gasteiger partial charge is 0.270 e. The highest BCUT2D eigenvalue weighted by atomic mass is 16.5. The van der Waals surface area contributed by atoms with Crippen LogP contribution >= 0.6 is 0 Å². The Morgan fingerprint density at radius 3 is 2.52 bits per heavy atom. The molecule has 33 heavy (non-hydrogen) atoms. The van der Waals surface area contributed by atoms with Gasteiger partial charge in [-0.05, 0) is 24.1 Å². The molecule has 1 aliphatic rings. The number of nitrogens with zero attached hydrogens (tertiary/aromatic N) is 5. The standard InChI is InChI=1S/C25H24N6O2/c1-17(31-12-5-14-32-15-13-31)18-8-10-19(11-9-18)21-16-27-23(26)22(28-21)25-30-29-24(33-25)20-6-3-2-4-7-20/h2-4,6-11,16H,1,5,12-15H2,(H2,26,27). The summed E-state index contributed by atoms with van der Waals surface area (Å²) in [6.07, 6.45) is 2.64. The zero-order chi connectivity index (χ0) is 22.6. The van der Waals surface area contributed by atoms with Gasteiger partial charge < -0.3 is 19.8 Å². The van der Waals surface area contributed by atoms with Crippen molar-refractivity contribution in [3.05, 3.63) is 72.9 Å². The molecule has 3 heterocycles. The zero-order valence-corrected chi connectivity index (χ0v) is 18.1. The average molecular weight is 441 g/mol. The molecule has 0 radical (unpaired) electrons. The number of ether oxygens (including phenoxy) is 1. The number of hydrogen-bond donors (Lipinski definition) is 1. The molecule has 1 saturated heterocycles. The monoisotopic (exact) mass is 440 g/mol. The minimum Gasteiger partial charge on any atom is -0.414 e. The first kappa shape index (κ1) is 20.8. The quantitative estimate of drug-likeness (QED) is 0.494. The van der Waals surface area contributed by atoms with Crippen LogP contribution in [0.4, 0.5) is 5.82 Å². The molecule has 0 bridgehead atoms. The van der Waals surface area contributed by atoms with Crippen molar-refractivity contribution in [1.82, 2.24) is 25.1 Å². The number of hydrogen-bond acceptors (Lipinski definition) is 8. The maximum absolute atomic E-state index is 6.08. The summed E-state index contributed by atoms with van der Waals surface area (Å²) in [5.41, 5.74) is 10.9. The van der Waals surface area contributed by atoms with Gasteiger partial charge in [0.05, 0.1) is 18.5 Å². The van der Waals surface area contributed by atoms with Crippen molar-refractivity contribution in [1.29, 1.82) is 0 Å². The van der Waals surface area contributed by atoms with E-state index >= 15 is 0 Å². The third-order valence-corrected chi connectivity index (χ3v) is 5.57. The van der Waals surface area contributed by atoms with E-state index in [-0.39, 0.29) is 11.7 Å². The fraction of sp³-hybridized carbons (Fsp3) is 0.200. The number of anilines is 1. The molecule has 0 aliphatic carbocycles. The zero-order valence-electron chi connectivity index (χ0n) is 18.1. The minimum absolute atomic E-state index is 0.231. The van der Waals surface area contributed by atoms with Crippen LogP contribution in [-0.2, 0) is 4.74 Å². The second-order valence-corrected chi connectivity index (χ2v) is 7.74. The molecular formula is C25H24N6O2. The molecule has 0 atom stereocenters. The van der Waals surface area contributed by atoms with E-state index in [1.165, 1.54) is 0 Å². The maximum Gasteiger partial charge on any atom is 0.270 e. The van der Waals surface area contributed by atoms with Gasteiger partial charge in [-0.15, -0.1) is 10.2 Å². The Morgan fingerprint density at radius 1 is 0.909 bits per heavy atom. The fourth-order valence-electron chi connectivity index (χ4n) is 3.74. The van der Waals surface area contributed by atoms with Gasteiger partial charge in [0, 0.05) is 36.5 Å². The van der Waals surface area contributed by atoms with Crippen LogP contribution < -0.4 is 5.73 Å². The van der Waals surface area contributed by atoms with Gasteiger partial charge in [0.1, 0.15) is 0 Å². The molecule has 2 aromatic heterocycles. The van der Waals surface area contributed by atoms with Crippen molar-refractivity contribution in [2.75, 3.05) is 32.0 Å². The Kier molecular flexibility index (Phi) is 5.82. The Hall–Kier alpha value is -4.04. The molecule has 4 aromatic rings. The second-order valence-electron chi connectivity index (χ2n) is 7.74. The molecule has 8 nitrogen and oxygen atoms in total. The summed E-state index contributed by atoms with van der Waals surface area (Å²) in [4.78, 5) is 11.2. The highest BCUT2D eigenvalue weighted by Crippen LogP contribution is 2.28. The van der Waals surface area contributed by atoms with Crippen LogP contribution in [0.1, 0.15) is 12.0 Å². The first-order valence-corrected chi connectivity index (χ1v) is 10.8. The van der Waals surface area contributed by atoms with Crippen LogP contribution in [0.25, 0.3) is 40.0 Å². The predicted molar refractivity (Wildman–Crippen MR) is 127 cm³/mol. The van der Waals surface area contributed by atoms with E-state index in [1.807, 2.05) is 54.6 Å². The summed E-state index contributed by atoms with van der Waals surface area (Å²) in [7, 11) is 0. The molecule has 166 valence electrons. The Balaban J connectivity index is 1.39. The van der Waals surface area contributed by atoms with Crippen LogP contribution in [0.3, 0.4) is 0 Å². The topological polar surface area (TPSA) is 103 Å². The Labute approximate surface area is 191 Å². The van der Waals surface area contributed by atoms with Gasteiger partial charge in [-0.2, -0.15) is 0 Å². The van der Waals surface area contributed by atoms with E-state index < -0.39 is 0 Å². The lowest BCUT2D eigenvalue weighted by Crippen LogP contribution is -2.24. The first-order valence-electron chi connectivity index (χ1n) is 10.8. The molecule has 0 amide bonds. The van der Waals surface area contributed by atoms with Crippen molar-refractivity contribution in [3.63, 3.8) is 0 Å². The third-order valence-electron chi connectivity index (χ3n) is 5.57. The largest absolute Gasteiger partial charge is 0.414 e. The van der Waals surface area contributed by atoms with Crippen molar-refractivity contribution in [3.8, 4) is 34.3 Å². The van der Waals surface area contributed by atoms with E-state index in [9.17, 15) is 0 Å². The van der Waals surface area contributed by atoms with Crippen LogP contribution in [0.15, 0.2) is 71.8 Å². The SMILES string of the molecule is C=C(c1ccc(-c2cnc(N)c(-c3nnc(-c4ccccc4)o3)n2)cc1)N1CCCOCC1. The van der Waals surface area contributed by atoms with Crippen LogP contribution in [0, 0.1) is 0 Å². The van der Waals surface area contributed by atoms with E-state index in [4.69, 9.17) is 14.9 Å². The van der Waals surface area contributed by atoms with Gasteiger partial charge in [0.15, 0.2) is 11.5 Å². The van der Waals surface area contributed by atoms with E-state index in [1.54, 1.807) is 6.20 Å². The number of nitrogen functional groups attached to an aromatic ring is 1. The van der Waals surface area contributed by atoms with Crippen LogP contribution in [0.2, 0.25) is 0 Å². The summed E-state index contributed by atoms with van der Waals surface area (Å²) < 4.78 is 11.4. The number of benzene rings is 2. The summed E-state index contributed by atoms with van der Waals surface area (Å²) in [5, 5.41) is 8.25. The highest BCUT2D eigenvalue weighted by Gasteiger charge is 2.17. The summed E-state index contributed by atoms with van der Waals surface area (Å²) in [5.74, 6) is 0.864. The molecule has 1 aliphatic heterocycles. The van der Waals surface area contributed by atoms with Crippen molar-refractivity contribution >= 4 is 11.5 Å². The van der Waals surface area contributed by atoms with Gasteiger partial charge in [0.2, 0.25) is 5.89 Å². The van der Waals surface area contributed by atoms with Gasteiger partial charge in [-0.25, -0.2) is 9.97 Å². The number of nitrogens with two attached hydrogens (primary N) is 1. The highest BCUT2D eigenvalue weighted by molar-refractivity contribution is 5.71. The molecule has 2 N–H and O–H groups in total. The maximum atomic E-state index is 6.08. The van der Waals surface area contributed by atoms with Crippen LogP contribution in [0.5, 0.6) is 0 Å². The van der Waals surface area contributed by atoms with Crippen molar-refractivity contribution < 1.29 is 9.15 Å². The van der Waals surface area contributed by atoms with Crippen LogP contribution in [-0.4, -0.2) is 51.4 Å². The summed E-state index contributed by atoms with van der Waals surface area (Å²) >= 11 is 0. The molecule has 0 unspecified atom stereocenters. The van der Waals surface area contributed by atoms with E-state index in [0.717, 1.165) is 55.1 Å². The van der Waals surface area contributed by atoms with E-state index in [2.05, 4.69) is 31.6 Å². The van der Waals surface area contributed by atoms with Gasteiger partial charge in [-0.1, -0.05) is 49.0 Å². The molecule has 5 rings (SSSR count). The lowest BCUT2D eigenvalue weighted by Gasteiger charge is -2.24. The van der Waals surface area contributed by atoms with Crippen molar-refractivity contribution in [2.24, 2.45) is 0 Å². The molecule has 2 aromatic carbocycles. The average Bonchev–Trinajstić information content (AvgIpc) is 3.19. The van der Waals surface area contributed by atoms with Gasteiger partial charge in [-0.3, -0.25) is 0 Å². The predicted octanol–water partition coefficient (Wildman–Crippen LogP) is 4.14. The lowest BCUT2D eigenvalue weighted by atomic mass is 10.1. The molecule has 0 saturated carbocycles. The normalized spacial score (nSPS) is 14.1. The molecule has 0 spiro atoms. The molecule has 1 fully saturated rings. The van der Waals surface area contributed by atoms with Crippen molar-refractivity contribution in [2.45, 2.75) is 6.42 Å². The summed E-state index contributed by atoms with van der Waals surface area (Å²) in [6.45, 7) is 7.60. The molecule has 8 heteroatoms. The third kappa shape index (κ3) is 4.47. The number of aromatic nitrogens is 4. The minimum atomic E-state index is 0.231. The Morgan fingerprint density at radius 2 is 1.70 bits per heavy atom. The summed E-state index contributed by atoms with van der Waals surface area (Å²) in [6, 6.07) is 17.6.